The minimum absolute atomic E-state index is 0.404. The summed E-state index contributed by atoms with van der Waals surface area (Å²) in [6, 6.07) is 5.69. The Bertz CT molecular complexity index is 401. The van der Waals surface area contributed by atoms with E-state index in [0.717, 1.165) is 0 Å². The van der Waals surface area contributed by atoms with Crippen molar-refractivity contribution < 1.29 is 24.5 Å². The Morgan fingerprint density at radius 2 is 1.88 bits per heavy atom. The van der Waals surface area contributed by atoms with Crippen LogP contribution >= 0.6 is 0 Å². The molecule has 1 unspecified atom stereocenters. The first-order chi connectivity index (χ1) is 7.99. The molecule has 6 nitrogen and oxygen atoms in total. The number of hydrogen-bond acceptors (Lipinski definition) is 4. The zero-order valence-corrected chi connectivity index (χ0v) is 9.21. The molecule has 0 aliphatic rings. The topological polar surface area (TPSA) is 95.9 Å². The average Bonchev–Trinajstić information content (AvgIpc) is 2.28. The predicted octanol–water partition coefficient (Wildman–Crippen LogP) is 1.03. The van der Waals surface area contributed by atoms with Gasteiger partial charge in [-0.25, -0.2) is 4.79 Å². The zero-order chi connectivity index (χ0) is 12.8. The molecule has 0 aliphatic heterocycles. The van der Waals surface area contributed by atoms with E-state index in [9.17, 15) is 9.59 Å². The SMILES string of the molecule is CC(Nc1ccc(OCC(=O)O)cc1)C(=O)O. The first-order valence-electron chi connectivity index (χ1n) is 4.93. The van der Waals surface area contributed by atoms with Gasteiger partial charge in [0, 0.05) is 5.69 Å². The number of carbonyl (C=O) groups is 2. The monoisotopic (exact) mass is 239 g/mol. The Balaban J connectivity index is 2.55. The van der Waals surface area contributed by atoms with Crippen molar-refractivity contribution in [3.05, 3.63) is 24.3 Å². The molecule has 0 fully saturated rings. The third-order valence-corrected chi connectivity index (χ3v) is 1.97. The van der Waals surface area contributed by atoms with Crippen molar-refractivity contribution in [1.29, 1.82) is 0 Å². The van der Waals surface area contributed by atoms with E-state index < -0.39 is 24.6 Å². The van der Waals surface area contributed by atoms with Crippen LogP contribution in [0.15, 0.2) is 24.3 Å². The minimum atomic E-state index is -1.05. The van der Waals surface area contributed by atoms with E-state index >= 15 is 0 Å². The number of nitrogens with one attached hydrogen (secondary N) is 1. The Hall–Kier alpha value is -2.24. The van der Waals surface area contributed by atoms with E-state index in [0.29, 0.717) is 11.4 Å². The summed E-state index contributed by atoms with van der Waals surface area (Å²) in [5.74, 6) is -1.58. The maximum absolute atomic E-state index is 10.6. The smallest absolute Gasteiger partial charge is 0.341 e. The van der Waals surface area contributed by atoms with Crippen LogP contribution in [0.2, 0.25) is 0 Å². The van der Waals surface area contributed by atoms with E-state index in [4.69, 9.17) is 14.9 Å². The number of carboxylic acids is 2. The summed E-state index contributed by atoms with van der Waals surface area (Å²) in [6.45, 7) is 1.12. The molecule has 1 aromatic carbocycles. The maximum Gasteiger partial charge on any atom is 0.341 e. The minimum Gasteiger partial charge on any atom is -0.482 e. The third kappa shape index (κ3) is 4.42. The van der Waals surface area contributed by atoms with Gasteiger partial charge in [-0.05, 0) is 31.2 Å². The number of hydrogen-bond donors (Lipinski definition) is 3. The van der Waals surface area contributed by atoms with Gasteiger partial charge in [0.1, 0.15) is 11.8 Å². The summed E-state index contributed by atoms with van der Waals surface area (Å²) < 4.78 is 4.93. The number of aliphatic carboxylic acids is 2. The van der Waals surface area contributed by atoms with Crippen LogP contribution in [-0.2, 0) is 9.59 Å². The number of benzene rings is 1. The highest BCUT2D eigenvalue weighted by atomic mass is 16.5. The Morgan fingerprint density at radius 1 is 1.29 bits per heavy atom. The largest absolute Gasteiger partial charge is 0.482 e. The van der Waals surface area contributed by atoms with Crippen LogP contribution in [0, 0.1) is 0 Å². The van der Waals surface area contributed by atoms with Crippen LogP contribution in [0.25, 0.3) is 0 Å². The molecule has 0 bridgehead atoms. The van der Waals surface area contributed by atoms with Crippen molar-refractivity contribution in [1.82, 2.24) is 0 Å². The van der Waals surface area contributed by atoms with Crippen LogP contribution in [-0.4, -0.2) is 34.8 Å². The van der Waals surface area contributed by atoms with Crippen molar-refractivity contribution in [3.63, 3.8) is 0 Å². The molecule has 0 aromatic heterocycles. The van der Waals surface area contributed by atoms with Crippen molar-refractivity contribution >= 4 is 17.6 Å². The second kappa shape index (κ2) is 5.74. The third-order valence-electron chi connectivity index (χ3n) is 1.97. The summed E-state index contributed by atoms with van der Waals surface area (Å²) in [4.78, 5) is 20.9. The van der Waals surface area contributed by atoms with E-state index in [-0.39, 0.29) is 0 Å². The summed E-state index contributed by atoms with van der Waals surface area (Å²) in [5, 5.41) is 19.9. The molecule has 1 aromatic rings. The molecule has 0 aliphatic carbocycles. The molecule has 17 heavy (non-hydrogen) atoms. The molecule has 1 atom stereocenters. The van der Waals surface area contributed by atoms with Crippen LogP contribution in [0.5, 0.6) is 5.75 Å². The standard InChI is InChI=1S/C11H13NO5/c1-7(11(15)16)12-8-2-4-9(5-3-8)17-6-10(13)14/h2-5,7,12H,6H2,1H3,(H,13,14)(H,15,16). The highest BCUT2D eigenvalue weighted by Gasteiger charge is 2.09. The molecule has 3 N–H and O–H groups in total. The first-order valence-corrected chi connectivity index (χ1v) is 4.93. The van der Waals surface area contributed by atoms with Crippen molar-refractivity contribution in [2.24, 2.45) is 0 Å². The predicted molar refractivity (Wildman–Crippen MR) is 60.3 cm³/mol. The average molecular weight is 239 g/mol. The quantitative estimate of drug-likeness (QED) is 0.686. The fraction of sp³-hybridized carbons (Fsp3) is 0.273. The van der Waals surface area contributed by atoms with Crippen molar-refractivity contribution in [3.8, 4) is 5.75 Å². The number of carboxylic acid groups (broad SMARTS) is 2. The lowest BCUT2D eigenvalue weighted by Crippen LogP contribution is -2.25. The Morgan fingerprint density at radius 3 is 2.35 bits per heavy atom. The van der Waals surface area contributed by atoms with Gasteiger partial charge >= 0.3 is 11.9 Å². The number of anilines is 1. The maximum atomic E-state index is 10.6. The normalized spacial score (nSPS) is 11.6. The van der Waals surface area contributed by atoms with Crippen LogP contribution < -0.4 is 10.1 Å². The highest BCUT2D eigenvalue weighted by molar-refractivity contribution is 5.76. The van der Waals surface area contributed by atoms with E-state index in [2.05, 4.69) is 5.32 Å². The van der Waals surface area contributed by atoms with Gasteiger partial charge in [-0.15, -0.1) is 0 Å². The van der Waals surface area contributed by atoms with Gasteiger partial charge in [0.05, 0.1) is 0 Å². The van der Waals surface area contributed by atoms with Crippen LogP contribution in [0.1, 0.15) is 6.92 Å². The highest BCUT2D eigenvalue weighted by Crippen LogP contribution is 2.16. The molecule has 0 radical (unpaired) electrons. The fourth-order valence-electron chi connectivity index (χ4n) is 1.10. The second-order valence-electron chi connectivity index (χ2n) is 3.41. The van der Waals surface area contributed by atoms with Crippen molar-refractivity contribution in [2.45, 2.75) is 13.0 Å². The lowest BCUT2D eigenvalue weighted by molar-refractivity contribution is -0.139. The van der Waals surface area contributed by atoms with Gasteiger partial charge < -0.3 is 20.3 Å². The molecule has 0 amide bonds. The summed E-state index contributed by atoms with van der Waals surface area (Å²) >= 11 is 0. The second-order valence-corrected chi connectivity index (χ2v) is 3.41. The van der Waals surface area contributed by atoms with Crippen LogP contribution in [0.3, 0.4) is 0 Å². The van der Waals surface area contributed by atoms with Gasteiger partial charge in [-0.3, -0.25) is 4.79 Å². The summed E-state index contributed by atoms with van der Waals surface area (Å²) in [7, 11) is 0. The van der Waals surface area contributed by atoms with E-state index in [1.54, 1.807) is 24.3 Å². The summed E-state index contributed by atoms with van der Waals surface area (Å²) in [5.41, 5.74) is 0.627. The van der Waals surface area contributed by atoms with Gasteiger partial charge in [0.15, 0.2) is 6.61 Å². The molecule has 0 saturated carbocycles. The molecule has 0 heterocycles. The molecule has 92 valence electrons. The molecule has 6 heteroatoms. The van der Waals surface area contributed by atoms with E-state index in [1.165, 1.54) is 6.92 Å². The Kier molecular flexibility index (Phi) is 4.33. The molecule has 0 saturated heterocycles. The lowest BCUT2D eigenvalue weighted by atomic mass is 10.2. The molecule has 0 spiro atoms. The zero-order valence-electron chi connectivity index (χ0n) is 9.21. The molecular formula is C11H13NO5. The van der Waals surface area contributed by atoms with Gasteiger partial charge in [-0.2, -0.15) is 0 Å². The summed E-state index contributed by atoms with van der Waals surface area (Å²) in [6.07, 6.45) is 0. The van der Waals surface area contributed by atoms with Gasteiger partial charge in [0.2, 0.25) is 0 Å². The molecule has 1 rings (SSSR count). The molecular weight excluding hydrogens is 226 g/mol. The van der Waals surface area contributed by atoms with Gasteiger partial charge in [0.25, 0.3) is 0 Å². The fourth-order valence-corrected chi connectivity index (χ4v) is 1.10. The first kappa shape index (κ1) is 12.8. The van der Waals surface area contributed by atoms with Crippen molar-refractivity contribution in [2.75, 3.05) is 11.9 Å². The lowest BCUT2D eigenvalue weighted by Gasteiger charge is -2.11. The van der Waals surface area contributed by atoms with Gasteiger partial charge in [-0.1, -0.05) is 0 Å². The van der Waals surface area contributed by atoms with Crippen LogP contribution in [0.4, 0.5) is 5.69 Å². The Labute approximate surface area is 97.8 Å². The van der Waals surface area contributed by atoms with E-state index in [1.807, 2.05) is 0 Å². The number of ether oxygens (including phenoxy) is 1. The number of rotatable bonds is 6.